The van der Waals surface area contributed by atoms with Crippen molar-refractivity contribution in [2.45, 2.75) is 33.8 Å². The molecule has 1 saturated heterocycles. The normalized spacial score (nSPS) is 14.4. The number of nitrogens with one attached hydrogen (secondary N) is 1. The van der Waals surface area contributed by atoms with Crippen LogP contribution < -0.4 is 19.7 Å². The van der Waals surface area contributed by atoms with Crippen molar-refractivity contribution in [1.29, 1.82) is 0 Å². The van der Waals surface area contributed by atoms with Gasteiger partial charge in [0.1, 0.15) is 0 Å². The second-order valence-electron chi connectivity index (χ2n) is 7.09. The van der Waals surface area contributed by atoms with Gasteiger partial charge in [0.2, 0.25) is 23.7 Å². The number of nitrogens with zero attached hydrogens (tertiary/aromatic N) is 6. The van der Waals surface area contributed by atoms with Crippen LogP contribution in [0.4, 0.5) is 11.9 Å². The lowest BCUT2D eigenvalue weighted by atomic mass is 10.2. The van der Waals surface area contributed by atoms with Crippen LogP contribution in [0.25, 0.3) is 0 Å². The van der Waals surface area contributed by atoms with Crippen molar-refractivity contribution in [3.8, 4) is 17.8 Å². The largest absolute Gasteiger partial charge is 0.474 e. The predicted molar refractivity (Wildman–Crippen MR) is 104 cm³/mol. The second kappa shape index (κ2) is 9.45. The lowest BCUT2D eigenvalue weighted by Crippen LogP contribution is -2.37. The minimum Gasteiger partial charge on any atom is -0.474 e. The van der Waals surface area contributed by atoms with Gasteiger partial charge in [0.25, 0.3) is 0 Å². The van der Waals surface area contributed by atoms with Crippen LogP contribution in [-0.2, 0) is 4.74 Å². The first-order valence-corrected chi connectivity index (χ1v) is 9.50. The molecule has 1 fully saturated rings. The number of aromatic nitrogens is 5. The van der Waals surface area contributed by atoms with E-state index >= 15 is 0 Å². The number of hydrogen-bond donors (Lipinski definition) is 1. The number of morpholine rings is 1. The van der Waals surface area contributed by atoms with Gasteiger partial charge in [0, 0.05) is 31.8 Å². The zero-order valence-corrected chi connectivity index (χ0v) is 16.8. The fraction of sp³-hybridized carbons (Fsp3) is 0.611. The Morgan fingerprint density at radius 3 is 2.39 bits per heavy atom. The van der Waals surface area contributed by atoms with E-state index < -0.39 is 0 Å². The van der Waals surface area contributed by atoms with E-state index in [1.54, 1.807) is 12.1 Å². The van der Waals surface area contributed by atoms with Crippen LogP contribution in [0.3, 0.4) is 0 Å². The standard InChI is InChI=1S/C18H27N7O3/c1-12(2)11-19-16-20-17(25-7-9-26-10-8-25)22-18(21-16)28-15-6-5-14(23-24-15)27-13(3)4/h5-6,12-13H,7-11H2,1-4H3,(H,19,20,21,22). The molecule has 0 bridgehead atoms. The molecule has 0 spiro atoms. The molecular formula is C18H27N7O3. The number of hydrogen-bond acceptors (Lipinski definition) is 10. The first-order chi connectivity index (χ1) is 13.5. The number of ether oxygens (including phenoxy) is 3. The summed E-state index contributed by atoms with van der Waals surface area (Å²) in [6.07, 6.45) is 0.0234. The Labute approximate surface area is 164 Å². The van der Waals surface area contributed by atoms with Gasteiger partial charge >= 0.3 is 6.01 Å². The molecule has 0 unspecified atom stereocenters. The van der Waals surface area contributed by atoms with Crippen LogP contribution in [0.1, 0.15) is 27.7 Å². The molecule has 0 aromatic carbocycles. The Kier molecular flexibility index (Phi) is 6.75. The summed E-state index contributed by atoms with van der Waals surface area (Å²) >= 11 is 0. The molecule has 0 saturated carbocycles. The van der Waals surface area contributed by atoms with E-state index in [-0.39, 0.29) is 18.0 Å². The fourth-order valence-electron chi connectivity index (χ4n) is 2.43. The van der Waals surface area contributed by atoms with E-state index in [1.165, 1.54) is 0 Å². The van der Waals surface area contributed by atoms with Gasteiger partial charge in [0.05, 0.1) is 19.3 Å². The highest BCUT2D eigenvalue weighted by atomic mass is 16.5. The molecular weight excluding hydrogens is 362 g/mol. The third-order valence-electron chi connectivity index (χ3n) is 3.73. The lowest BCUT2D eigenvalue weighted by Gasteiger charge is -2.27. The summed E-state index contributed by atoms with van der Waals surface area (Å²) in [6, 6.07) is 3.53. The van der Waals surface area contributed by atoms with E-state index in [0.717, 1.165) is 6.54 Å². The van der Waals surface area contributed by atoms with E-state index in [1.807, 2.05) is 18.7 Å². The molecule has 3 rings (SSSR count). The van der Waals surface area contributed by atoms with Crippen LogP contribution in [-0.4, -0.2) is 64.1 Å². The summed E-state index contributed by atoms with van der Waals surface area (Å²) in [4.78, 5) is 15.4. The molecule has 3 heterocycles. The molecule has 0 aliphatic carbocycles. The van der Waals surface area contributed by atoms with Crippen molar-refractivity contribution in [3.05, 3.63) is 12.1 Å². The van der Waals surface area contributed by atoms with Gasteiger partial charge in [-0.3, -0.25) is 0 Å². The van der Waals surface area contributed by atoms with Gasteiger partial charge in [0.15, 0.2) is 0 Å². The monoisotopic (exact) mass is 389 g/mol. The molecule has 1 N–H and O–H groups in total. The van der Waals surface area contributed by atoms with Crippen LogP contribution in [0, 0.1) is 5.92 Å². The molecule has 1 aliphatic rings. The summed E-state index contributed by atoms with van der Waals surface area (Å²) < 4.78 is 16.6. The first kappa shape index (κ1) is 20.0. The Balaban J connectivity index is 1.78. The van der Waals surface area contributed by atoms with Crippen molar-refractivity contribution in [2.75, 3.05) is 43.1 Å². The van der Waals surface area contributed by atoms with E-state index in [0.29, 0.717) is 50.0 Å². The van der Waals surface area contributed by atoms with Crippen LogP contribution in [0.2, 0.25) is 0 Å². The van der Waals surface area contributed by atoms with Crippen molar-refractivity contribution < 1.29 is 14.2 Å². The average Bonchev–Trinajstić information content (AvgIpc) is 2.68. The molecule has 0 amide bonds. The van der Waals surface area contributed by atoms with Crippen molar-refractivity contribution in [3.63, 3.8) is 0 Å². The summed E-state index contributed by atoms with van der Waals surface area (Å²) in [6.45, 7) is 11.5. The van der Waals surface area contributed by atoms with Gasteiger partial charge in [-0.25, -0.2) is 0 Å². The summed E-state index contributed by atoms with van der Waals surface area (Å²) in [7, 11) is 0. The number of rotatable bonds is 8. The topological polar surface area (TPSA) is 107 Å². The highest BCUT2D eigenvalue weighted by Crippen LogP contribution is 2.21. The molecule has 28 heavy (non-hydrogen) atoms. The van der Waals surface area contributed by atoms with E-state index in [4.69, 9.17) is 14.2 Å². The zero-order valence-electron chi connectivity index (χ0n) is 16.8. The number of anilines is 2. The summed E-state index contributed by atoms with van der Waals surface area (Å²) in [5, 5.41) is 11.2. The summed E-state index contributed by atoms with van der Waals surface area (Å²) in [5.41, 5.74) is 0. The lowest BCUT2D eigenvalue weighted by molar-refractivity contribution is 0.122. The van der Waals surface area contributed by atoms with Crippen molar-refractivity contribution in [2.24, 2.45) is 5.92 Å². The maximum atomic E-state index is 5.73. The third kappa shape index (κ3) is 5.88. The smallest absolute Gasteiger partial charge is 0.330 e. The van der Waals surface area contributed by atoms with Crippen LogP contribution >= 0.6 is 0 Å². The van der Waals surface area contributed by atoms with Gasteiger partial charge in [-0.2, -0.15) is 15.0 Å². The molecule has 2 aromatic rings. The molecule has 10 nitrogen and oxygen atoms in total. The van der Waals surface area contributed by atoms with Gasteiger partial charge < -0.3 is 24.4 Å². The Morgan fingerprint density at radius 2 is 1.75 bits per heavy atom. The third-order valence-corrected chi connectivity index (χ3v) is 3.73. The quantitative estimate of drug-likeness (QED) is 0.721. The van der Waals surface area contributed by atoms with Gasteiger partial charge in [-0.05, 0) is 19.8 Å². The molecule has 152 valence electrons. The highest BCUT2D eigenvalue weighted by molar-refractivity contribution is 5.39. The van der Waals surface area contributed by atoms with Gasteiger partial charge in [-0.15, -0.1) is 10.2 Å². The van der Waals surface area contributed by atoms with Gasteiger partial charge in [-0.1, -0.05) is 13.8 Å². The minimum absolute atomic E-state index is 0.0234. The first-order valence-electron chi connectivity index (χ1n) is 9.50. The molecule has 0 atom stereocenters. The molecule has 0 radical (unpaired) electrons. The maximum Gasteiger partial charge on any atom is 0.330 e. The average molecular weight is 389 g/mol. The maximum absolute atomic E-state index is 5.73. The van der Waals surface area contributed by atoms with Crippen LogP contribution in [0.15, 0.2) is 12.1 Å². The molecule has 2 aromatic heterocycles. The van der Waals surface area contributed by atoms with Crippen molar-refractivity contribution in [1.82, 2.24) is 25.1 Å². The fourth-order valence-corrected chi connectivity index (χ4v) is 2.43. The Hall–Kier alpha value is -2.75. The second-order valence-corrected chi connectivity index (χ2v) is 7.09. The predicted octanol–water partition coefficient (Wildman–Crippen LogP) is 2.15. The highest BCUT2D eigenvalue weighted by Gasteiger charge is 2.18. The summed E-state index contributed by atoms with van der Waals surface area (Å²) in [5.74, 6) is 2.18. The minimum atomic E-state index is 0.0234. The van der Waals surface area contributed by atoms with E-state index in [9.17, 15) is 0 Å². The van der Waals surface area contributed by atoms with E-state index in [2.05, 4.69) is 44.3 Å². The van der Waals surface area contributed by atoms with Crippen LogP contribution in [0.5, 0.6) is 17.8 Å². The Morgan fingerprint density at radius 1 is 1.04 bits per heavy atom. The Bertz CT molecular complexity index is 749. The molecule has 10 heteroatoms. The van der Waals surface area contributed by atoms with Crippen molar-refractivity contribution >= 4 is 11.9 Å². The molecule has 1 aliphatic heterocycles. The zero-order chi connectivity index (χ0) is 19.9. The SMILES string of the molecule is CC(C)CNc1nc(Oc2ccc(OC(C)C)nn2)nc(N2CCOCC2)n1.